The Morgan fingerprint density at radius 2 is 1.27 bits per heavy atom. The van der Waals surface area contributed by atoms with Crippen molar-refractivity contribution in [3.63, 3.8) is 0 Å². The van der Waals surface area contributed by atoms with Crippen LogP contribution in [-0.2, 0) is 26.3 Å². The normalized spacial score (nSPS) is 10.9. The second-order valence-electron chi connectivity index (χ2n) is 14.0. The molecule has 7 aromatic rings. The van der Waals surface area contributed by atoms with Crippen molar-refractivity contribution in [2.75, 3.05) is 0 Å². The van der Waals surface area contributed by atoms with Crippen LogP contribution in [0.15, 0.2) is 121 Å². The Bertz CT molecular complexity index is 2090. The Morgan fingerprint density at radius 3 is 1.90 bits per heavy atom. The summed E-state index contributed by atoms with van der Waals surface area (Å²) in [5.74, 6) is 0.573. The van der Waals surface area contributed by atoms with E-state index in [1.54, 1.807) is 0 Å². The van der Waals surface area contributed by atoms with Crippen molar-refractivity contribution in [3.05, 3.63) is 144 Å². The van der Waals surface area contributed by atoms with Crippen molar-refractivity contribution in [1.29, 1.82) is 0 Å². The van der Waals surface area contributed by atoms with Crippen LogP contribution >= 0.6 is 17.0 Å². The summed E-state index contributed by atoms with van der Waals surface area (Å²) in [4.78, 5) is 0. The van der Waals surface area contributed by atoms with Crippen LogP contribution in [0.25, 0.3) is 54.6 Å². The van der Waals surface area contributed by atoms with Gasteiger partial charge in [0.2, 0.25) is 0 Å². The minimum atomic E-state index is -0.826. The number of aryl methyl sites for hydroxylation is 2. The predicted octanol–water partition coefficient (Wildman–Crippen LogP) is 14.8. The van der Waals surface area contributed by atoms with Gasteiger partial charge in [-0.3, -0.25) is 0 Å². The summed E-state index contributed by atoms with van der Waals surface area (Å²) in [7, 11) is 11.0. The fraction of sp³-hybridized carbons (Fsp3) is 0.244. The number of hydrogen-bond acceptors (Lipinski definition) is 0. The quantitative estimate of drug-likeness (QED) is 0.124. The van der Waals surface area contributed by atoms with E-state index in [-0.39, 0.29) is 5.41 Å². The molecule has 0 N–H and O–H groups in total. The molecule has 0 fully saturated rings. The van der Waals surface area contributed by atoms with E-state index in [0.29, 0.717) is 5.92 Å². The van der Waals surface area contributed by atoms with Gasteiger partial charge in [0.05, 0.1) is 0 Å². The van der Waals surface area contributed by atoms with Gasteiger partial charge < -0.3 is 0 Å². The minimum absolute atomic E-state index is 0.204. The Kier molecular flexibility index (Phi) is 14.3. The molecule has 0 spiro atoms. The standard InChI is InChI=1S/C22H25.C21H17.C2H6Si.2ClH.Zr/c1-15(2)18-13-17-7-6-8-20(21(17)14-18)16-9-11-19(12-10-16)22(3,4)5;1-14-11-20-15(2)7-10-19(21(20)12-14)18-9-8-16-5-3-4-6-17(16)13-18;1-3-2;;;/h6-15H,1-5H3;3-13H,1-2H3;1-2H3;2*1H;/q2*-1;;;;+4/p-2. The van der Waals surface area contributed by atoms with Crippen molar-refractivity contribution < 1.29 is 20.8 Å². The predicted molar refractivity (Wildman–Crippen MR) is 219 cm³/mol. The molecule has 2 radical (unpaired) electrons. The van der Waals surface area contributed by atoms with E-state index in [1.165, 1.54) is 76.8 Å². The third-order valence-electron chi connectivity index (χ3n) is 8.81. The SMILES string of the molecule is CC(C)c1cc2c(-c3ccc(C(C)(C)C)cc3)cccc2[cH-]1.C[Si]C.Cc1cc2c(-c3ccc4ccccc4c3)ccc(C)c2[cH-]1.[Cl][Zr+2][Cl]. The molecular formula is C45H48Cl2SiZr. The Labute approximate surface area is 316 Å². The number of fused-ring (bicyclic) bond motifs is 3. The van der Waals surface area contributed by atoms with E-state index < -0.39 is 20.8 Å². The van der Waals surface area contributed by atoms with E-state index >= 15 is 0 Å². The summed E-state index contributed by atoms with van der Waals surface area (Å²) < 4.78 is 0. The van der Waals surface area contributed by atoms with Crippen LogP contribution in [0.4, 0.5) is 0 Å². The van der Waals surface area contributed by atoms with Gasteiger partial charge in [0.1, 0.15) is 0 Å². The number of rotatable bonds is 3. The van der Waals surface area contributed by atoms with Gasteiger partial charge in [0.25, 0.3) is 0 Å². The summed E-state index contributed by atoms with van der Waals surface area (Å²) >= 11 is -0.826. The molecule has 0 aliphatic rings. The molecule has 7 rings (SSSR count). The molecule has 4 heteroatoms. The fourth-order valence-electron chi connectivity index (χ4n) is 6.19. The monoisotopic (exact) mass is 776 g/mol. The molecule has 0 atom stereocenters. The molecule has 0 aromatic heterocycles. The number of halogens is 2. The molecule has 0 aliphatic carbocycles. The van der Waals surface area contributed by atoms with Crippen LogP contribution in [0.5, 0.6) is 0 Å². The fourth-order valence-corrected chi connectivity index (χ4v) is 6.19. The summed E-state index contributed by atoms with van der Waals surface area (Å²) in [6, 6.07) is 44.7. The molecule has 0 bridgehead atoms. The van der Waals surface area contributed by atoms with Gasteiger partial charge in [0, 0.05) is 9.52 Å². The van der Waals surface area contributed by atoms with Crippen LogP contribution in [0, 0.1) is 13.8 Å². The summed E-state index contributed by atoms with van der Waals surface area (Å²) in [5, 5.41) is 8.05. The maximum atomic E-state index is 4.93. The summed E-state index contributed by atoms with van der Waals surface area (Å²) in [5.41, 5.74) is 11.0. The average molecular weight is 779 g/mol. The zero-order chi connectivity index (χ0) is 35.7. The van der Waals surface area contributed by atoms with Crippen molar-refractivity contribution in [3.8, 4) is 22.3 Å². The topological polar surface area (TPSA) is 0 Å². The molecule has 0 saturated carbocycles. The zero-order valence-corrected chi connectivity index (χ0v) is 35.4. The first-order valence-electron chi connectivity index (χ1n) is 16.9. The third-order valence-corrected chi connectivity index (χ3v) is 8.81. The molecule has 0 saturated heterocycles. The van der Waals surface area contributed by atoms with Crippen LogP contribution in [-0.4, -0.2) is 9.52 Å². The molecule has 0 nitrogen and oxygen atoms in total. The molecule has 0 heterocycles. The van der Waals surface area contributed by atoms with Crippen LogP contribution in [0.3, 0.4) is 0 Å². The summed E-state index contributed by atoms with van der Waals surface area (Å²) in [6.45, 7) is 20.0. The second kappa shape index (κ2) is 18.0. The van der Waals surface area contributed by atoms with Crippen molar-refractivity contribution in [2.24, 2.45) is 0 Å². The van der Waals surface area contributed by atoms with Gasteiger partial charge in [-0.25, -0.2) is 0 Å². The van der Waals surface area contributed by atoms with Crippen molar-refractivity contribution in [1.82, 2.24) is 0 Å². The number of hydrogen-bond donors (Lipinski definition) is 0. The molecule has 0 unspecified atom stereocenters. The van der Waals surface area contributed by atoms with Gasteiger partial charge in [0.15, 0.2) is 0 Å². The Balaban J connectivity index is 0.000000191. The molecule has 7 aromatic carbocycles. The Morgan fingerprint density at radius 1 is 0.653 bits per heavy atom. The maximum absolute atomic E-state index is 4.93. The van der Waals surface area contributed by atoms with Gasteiger partial charge in [-0.15, -0.1) is 68.6 Å². The molecular weight excluding hydrogens is 731 g/mol. The molecule has 250 valence electrons. The Hall–Kier alpha value is -2.74. The first kappa shape index (κ1) is 39.1. The van der Waals surface area contributed by atoms with Crippen molar-refractivity contribution >= 4 is 58.9 Å². The van der Waals surface area contributed by atoms with Crippen LogP contribution in [0.1, 0.15) is 62.8 Å². The van der Waals surface area contributed by atoms with E-state index in [1.807, 2.05) is 0 Å². The second-order valence-corrected chi connectivity index (χ2v) is 18.7. The van der Waals surface area contributed by atoms with E-state index in [0.717, 1.165) is 9.52 Å². The van der Waals surface area contributed by atoms with E-state index in [9.17, 15) is 0 Å². The van der Waals surface area contributed by atoms with E-state index in [4.69, 9.17) is 17.0 Å². The zero-order valence-electron chi connectivity index (χ0n) is 30.4. The van der Waals surface area contributed by atoms with Gasteiger partial charge >= 0.3 is 37.9 Å². The molecule has 0 amide bonds. The average Bonchev–Trinajstić information content (AvgIpc) is 3.70. The molecule has 0 aliphatic heterocycles. The first-order chi connectivity index (χ1) is 23.4. The number of benzene rings is 5. The van der Waals surface area contributed by atoms with Gasteiger partial charge in [-0.2, -0.15) is 12.1 Å². The third kappa shape index (κ3) is 9.95. The molecule has 49 heavy (non-hydrogen) atoms. The summed E-state index contributed by atoms with van der Waals surface area (Å²) in [6.07, 6.45) is 0. The van der Waals surface area contributed by atoms with E-state index in [2.05, 4.69) is 183 Å². The van der Waals surface area contributed by atoms with Gasteiger partial charge in [-0.1, -0.05) is 145 Å². The van der Waals surface area contributed by atoms with Gasteiger partial charge in [-0.05, 0) is 44.9 Å². The first-order valence-corrected chi connectivity index (χ1v) is 25.3. The van der Waals surface area contributed by atoms with Crippen molar-refractivity contribution in [2.45, 2.75) is 72.9 Å². The van der Waals surface area contributed by atoms with Crippen LogP contribution in [0.2, 0.25) is 13.1 Å². The van der Waals surface area contributed by atoms with Crippen LogP contribution < -0.4 is 0 Å².